The molecule has 3 aromatic carbocycles. The van der Waals surface area contributed by atoms with Gasteiger partial charge in [-0.15, -0.1) is 0 Å². The molecule has 7 nitrogen and oxygen atoms in total. The number of aryl methyl sites for hydroxylation is 1. The van der Waals surface area contributed by atoms with Gasteiger partial charge in [-0.2, -0.15) is 0 Å². The summed E-state index contributed by atoms with van der Waals surface area (Å²) >= 11 is 0. The third-order valence-electron chi connectivity index (χ3n) is 6.17. The number of hydrogen-bond donors (Lipinski definition) is 1. The number of aromatic amines is 1. The second kappa shape index (κ2) is 9.49. The van der Waals surface area contributed by atoms with E-state index in [2.05, 4.69) is 19.8 Å². The molecule has 34 heavy (non-hydrogen) atoms. The molecule has 5 rings (SSSR count). The maximum atomic E-state index is 12.6. The van der Waals surface area contributed by atoms with Crippen LogP contribution in [0.5, 0.6) is 5.75 Å². The van der Waals surface area contributed by atoms with Crippen LogP contribution >= 0.6 is 0 Å². The average molecular weight is 455 g/mol. The molecule has 1 aliphatic rings. The molecule has 1 saturated heterocycles. The molecule has 0 radical (unpaired) electrons. The number of H-pyrrole nitrogens is 1. The summed E-state index contributed by atoms with van der Waals surface area (Å²) in [6.07, 6.45) is 0. The van der Waals surface area contributed by atoms with Crippen LogP contribution in [0.25, 0.3) is 10.9 Å². The average Bonchev–Trinajstić information content (AvgIpc) is 2.85. The molecule has 0 aliphatic carbocycles. The Hall–Kier alpha value is -3.97. The fraction of sp³-hybridized carbons (Fsp3) is 0.222. The van der Waals surface area contributed by atoms with E-state index in [9.17, 15) is 9.59 Å². The van der Waals surface area contributed by atoms with E-state index in [0.29, 0.717) is 29.1 Å². The highest BCUT2D eigenvalue weighted by Gasteiger charge is 2.19. The van der Waals surface area contributed by atoms with E-state index in [4.69, 9.17) is 4.74 Å². The Morgan fingerprint density at radius 1 is 0.971 bits per heavy atom. The molecule has 0 amide bonds. The lowest BCUT2D eigenvalue weighted by atomic mass is 10.1. The summed E-state index contributed by atoms with van der Waals surface area (Å²) in [6, 6.07) is 22.5. The van der Waals surface area contributed by atoms with E-state index < -0.39 is 0 Å². The van der Waals surface area contributed by atoms with E-state index in [1.54, 1.807) is 18.2 Å². The van der Waals surface area contributed by atoms with Crippen LogP contribution in [0.15, 0.2) is 77.6 Å². The number of para-hydroxylation sites is 1. The van der Waals surface area contributed by atoms with Crippen LogP contribution in [0.1, 0.15) is 21.7 Å². The van der Waals surface area contributed by atoms with Gasteiger partial charge in [0.05, 0.1) is 23.0 Å². The van der Waals surface area contributed by atoms with Crippen molar-refractivity contribution in [2.24, 2.45) is 0 Å². The molecule has 1 fully saturated rings. The Morgan fingerprint density at radius 2 is 1.74 bits per heavy atom. The minimum absolute atomic E-state index is 0.101. The maximum Gasteiger partial charge on any atom is 0.343 e. The number of hydrogen-bond acceptors (Lipinski definition) is 6. The molecule has 0 bridgehead atoms. The van der Waals surface area contributed by atoms with Crippen LogP contribution in [0.4, 0.5) is 5.69 Å². The highest BCUT2D eigenvalue weighted by atomic mass is 16.5. The number of fused-ring (bicyclic) bond motifs is 1. The zero-order valence-corrected chi connectivity index (χ0v) is 19.0. The molecule has 4 aromatic rings. The van der Waals surface area contributed by atoms with E-state index >= 15 is 0 Å². The molecule has 172 valence electrons. The van der Waals surface area contributed by atoms with Crippen molar-refractivity contribution in [3.05, 3.63) is 100 Å². The van der Waals surface area contributed by atoms with E-state index in [0.717, 1.165) is 42.9 Å². The van der Waals surface area contributed by atoms with Gasteiger partial charge in [-0.1, -0.05) is 36.4 Å². The number of benzene rings is 3. The predicted octanol–water partition coefficient (Wildman–Crippen LogP) is 3.77. The number of nitrogens with one attached hydrogen (secondary N) is 1. The lowest BCUT2D eigenvalue weighted by Crippen LogP contribution is -2.46. The SMILES string of the molecule is Cc1ccccc1C(=O)Oc1cccc(N2CCN(Cc3nc4ccccc4c(=O)[nH]3)CC2)c1. The van der Waals surface area contributed by atoms with Gasteiger partial charge in [0.1, 0.15) is 11.6 Å². The summed E-state index contributed by atoms with van der Waals surface area (Å²) < 4.78 is 5.64. The molecule has 0 saturated carbocycles. The van der Waals surface area contributed by atoms with Gasteiger partial charge >= 0.3 is 5.97 Å². The molecular weight excluding hydrogens is 428 g/mol. The van der Waals surface area contributed by atoms with Crippen molar-refractivity contribution in [2.75, 3.05) is 31.1 Å². The Labute approximate surface area is 197 Å². The summed E-state index contributed by atoms with van der Waals surface area (Å²) in [5, 5.41) is 0.610. The monoisotopic (exact) mass is 454 g/mol. The standard InChI is InChI=1S/C27H26N4O3/c1-19-7-2-3-10-22(19)27(33)34-21-9-6-8-20(17-21)31-15-13-30(14-16-31)18-25-28-24-12-5-4-11-23(24)26(32)29-25/h2-12,17H,13-16,18H2,1H3,(H,28,29,32). The fourth-order valence-corrected chi connectivity index (χ4v) is 4.29. The molecule has 1 N–H and O–H groups in total. The summed E-state index contributed by atoms with van der Waals surface area (Å²) in [5.41, 5.74) is 3.10. The summed E-state index contributed by atoms with van der Waals surface area (Å²) in [7, 11) is 0. The van der Waals surface area contributed by atoms with Crippen molar-refractivity contribution in [3.63, 3.8) is 0 Å². The van der Waals surface area contributed by atoms with Gasteiger partial charge in [-0.25, -0.2) is 9.78 Å². The molecule has 1 aliphatic heterocycles. The minimum Gasteiger partial charge on any atom is -0.423 e. The molecule has 0 atom stereocenters. The van der Waals surface area contributed by atoms with E-state index in [1.807, 2.05) is 61.5 Å². The van der Waals surface area contributed by atoms with Crippen LogP contribution in [0.2, 0.25) is 0 Å². The van der Waals surface area contributed by atoms with Crippen LogP contribution < -0.4 is 15.2 Å². The molecule has 2 heterocycles. The van der Waals surface area contributed by atoms with Gasteiger partial charge < -0.3 is 14.6 Å². The van der Waals surface area contributed by atoms with E-state index in [1.165, 1.54) is 0 Å². The largest absolute Gasteiger partial charge is 0.423 e. The topological polar surface area (TPSA) is 78.5 Å². The second-order valence-electron chi connectivity index (χ2n) is 8.49. The van der Waals surface area contributed by atoms with Crippen LogP contribution in [0, 0.1) is 6.92 Å². The summed E-state index contributed by atoms with van der Waals surface area (Å²) in [6.45, 7) is 5.82. The second-order valence-corrected chi connectivity index (χ2v) is 8.49. The lowest BCUT2D eigenvalue weighted by Gasteiger charge is -2.35. The minimum atomic E-state index is -0.350. The quantitative estimate of drug-likeness (QED) is 0.365. The molecule has 0 unspecified atom stereocenters. The number of rotatable bonds is 5. The third-order valence-corrected chi connectivity index (χ3v) is 6.17. The van der Waals surface area contributed by atoms with Crippen LogP contribution in [0.3, 0.4) is 0 Å². The van der Waals surface area contributed by atoms with Crippen LogP contribution in [-0.4, -0.2) is 47.0 Å². The van der Waals surface area contributed by atoms with Gasteiger partial charge in [-0.3, -0.25) is 9.69 Å². The Bertz CT molecular complexity index is 1390. The highest BCUT2D eigenvalue weighted by molar-refractivity contribution is 5.92. The fourth-order valence-electron chi connectivity index (χ4n) is 4.29. The third kappa shape index (κ3) is 4.70. The first kappa shape index (κ1) is 21.9. The molecule has 0 spiro atoms. The number of carbonyl (C=O) groups is 1. The van der Waals surface area contributed by atoms with Crippen molar-refractivity contribution in [1.29, 1.82) is 0 Å². The van der Waals surface area contributed by atoms with Gasteiger partial charge in [-0.05, 0) is 42.8 Å². The van der Waals surface area contributed by atoms with Gasteiger partial charge in [0, 0.05) is 37.9 Å². The van der Waals surface area contributed by atoms with Gasteiger partial charge in [0.15, 0.2) is 0 Å². The predicted molar refractivity (Wildman–Crippen MR) is 132 cm³/mol. The van der Waals surface area contributed by atoms with Crippen molar-refractivity contribution in [1.82, 2.24) is 14.9 Å². The van der Waals surface area contributed by atoms with Crippen molar-refractivity contribution >= 4 is 22.6 Å². The van der Waals surface area contributed by atoms with Crippen molar-refractivity contribution in [2.45, 2.75) is 13.5 Å². The molecule has 1 aromatic heterocycles. The van der Waals surface area contributed by atoms with Crippen molar-refractivity contribution in [3.8, 4) is 5.75 Å². The number of ether oxygens (including phenoxy) is 1. The lowest BCUT2D eigenvalue weighted by molar-refractivity contribution is 0.0734. The number of piperazine rings is 1. The maximum absolute atomic E-state index is 12.6. The number of aromatic nitrogens is 2. The molecular formula is C27H26N4O3. The summed E-state index contributed by atoms with van der Waals surface area (Å²) in [4.78, 5) is 37.0. The number of anilines is 1. The summed E-state index contributed by atoms with van der Waals surface area (Å²) in [5.74, 6) is 0.866. The number of carbonyl (C=O) groups excluding carboxylic acids is 1. The first-order valence-electron chi connectivity index (χ1n) is 11.4. The number of esters is 1. The Kier molecular flexibility index (Phi) is 6.10. The van der Waals surface area contributed by atoms with Gasteiger partial charge in [0.25, 0.3) is 5.56 Å². The molecule has 7 heteroatoms. The zero-order chi connectivity index (χ0) is 23.5. The van der Waals surface area contributed by atoms with E-state index in [-0.39, 0.29) is 11.5 Å². The normalized spacial score (nSPS) is 14.3. The number of nitrogens with zero attached hydrogens (tertiary/aromatic N) is 3. The highest BCUT2D eigenvalue weighted by Crippen LogP contribution is 2.24. The zero-order valence-electron chi connectivity index (χ0n) is 19.0. The van der Waals surface area contributed by atoms with Crippen LogP contribution in [-0.2, 0) is 6.54 Å². The Balaban J connectivity index is 1.22. The smallest absolute Gasteiger partial charge is 0.343 e. The van der Waals surface area contributed by atoms with Gasteiger partial charge in [0.2, 0.25) is 0 Å². The van der Waals surface area contributed by atoms with Crippen molar-refractivity contribution < 1.29 is 9.53 Å². The first-order chi connectivity index (χ1) is 16.6. The Morgan fingerprint density at radius 3 is 2.56 bits per heavy atom. The first-order valence-corrected chi connectivity index (χ1v) is 11.4.